The van der Waals surface area contributed by atoms with Crippen LogP contribution >= 0.6 is 0 Å². The summed E-state index contributed by atoms with van der Waals surface area (Å²) >= 11 is 0. The van der Waals surface area contributed by atoms with E-state index in [1.807, 2.05) is 32.0 Å². The lowest BCUT2D eigenvalue weighted by Gasteiger charge is -2.22. The number of benzene rings is 1. The van der Waals surface area contributed by atoms with Gasteiger partial charge in [0.1, 0.15) is 0 Å². The van der Waals surface area contributed by atoms with Crippen LogP contribution in [0.25, 0.3) is 0 Å². The predicted octanol–water partition coefficient (Wildman–Crippen LogP) is 2.51. The molecule has 0 spiro atoms. The number of carbonyl (C=O) groups excluding carboxylic acids is 1. The Labute approximate surface area is 167 Å². The Morgan fingerprint density at radius 1 is 1.25 bits per heavy atom. The quantitative estimate of drug-likeness (QED) is 0.604. The average Bonchev–Trinajstić information content (AvgIpc) is 3.01. The van der Waals surface area contributed by atoms with Crippen molar-refractivity contribution in [2.24, 2.45) is 5.92 Å². The molecule has 28 heavy (non-hydrogen) atoms. The number of nitrogens with zero attached hydrogens (tertiary/aromatic N) is 3. The van der Waals surface area contributed by atoms with E-state index in [1.165, 1.54) is 6.92 Å². The number of hydrogen-bond acceptors (Lipinski definition) is 5. The zero-order valence-corrected chi connectivity index (χ0v) is 17.8. The molecular formula is C20H29N3O4S. The molecule has 2 aromatic rings. The Hall–Kier alpha value is -2.19. The summed E-state index contributed by atoms with van der Waals surface area (Å²) in [5.41, 5.74) is 1.42. The second-order valence-corrected chi connectivity index (χ2v) is 9.10. The van der Waals surface area contributed by atoms with Gasteiger partial charge in [-0.25, -0.2) is 13.4 Å². The third-order valence-electron chi connectivity index (χ3n) is 4.29. The molecule has 154 valence electrons. The molecule has 0 bridgehead atoms. The fourth-order valence-electron chi connectivity index (χ4n) is 2.93. The lowest BCUT2D eigenvalue weighted by atomic mass is 10.2. The second kappa shape index (κ2) is 9.84. The number of carbonyl (C=O) groups is 1. The average molecular weight is 408 g/mol. The van der Waals surface area contributed by atoms with Crippen LogP contribution in [-0.2, 0) is 38.2 Å². The highest BCUT2D eigenvalue weighted by Crippen LogP contribution is 2.20. The standard InChI is InChI=1S/C20H29N3O4S/c1-16(2)13-23-19(14-22(17(3)24)10-11-27-4)12-21-20(23)28(25,26)15-18-8-6-5-7-9-18/h5-9,12,16H,10-11,13-15H2,1-4H3. The number of hydrogen-bond donors (Lipinski definition) is 0. The van der Waals surface area contributed by atoms with Gasteiger partial charge in [-0.1, -0.05) is 44.2 Å². The number of ether oxygens (including phenoxy) is 1. The summed E-state index contributed by atoms with van der Waals surface area (Å²) < 4.78 is 32.8. The summed E-state index contributed by atoms with van der Waals surface area (Å²) in [6.07, 6.45) is 1.56. The van der Waals surface area contributed by atoms with Crippen LogP contribution in [0.2, 0.25) is 0 Å². The highest BCUT2D eigenvalue weighted by molar-refractivity contribution is 7.90. The first-order valence-corrected chi connectivity index (χ1v) is 11.0. The van der Waals surface area contributed by atoms with Gasteiger partial charge in [-0.05, 0) is 11.5 Å². The largest absolute Gasteiger partial charge is 0.383 e. The second-order valence-electron chi connectivity index (χ2n) is 7.21. The van der Waals surface area contributed by atoms with Crippen molar-refractivity contribution in [1.82, 2.24) is 14.5 Å². The third-order valence-corrected chi connectivity index (χ3v) is 5.89. The van der Waals surface area contributed by atoms with Crippen molar-refractivity contribution in [1.29, 1.82) is 0 Å². The monoisotopic (exact) mass is 407 g/mol. The lowest BCUT2D eigenvalue weighted by Crippen LogP contribution is -2.32. The summed E-state index contributed by atoms with van der Waals surface area (Å²) in [5, 5.41) is 0.0512. The van der Waals surface area contributed by atoms with Gasteiger partial charge >= 0.3 is 0 Å². The van der Waals surface area contributed by atoms with E-state index in [0.29, 0.717) is 37.5 Å². The van der Waals surface area contributed by atoms with E-state index in [4.69, 9.17) is 4.74 Å². The van der Waals surface area contributed by atoms with Gasteiger partial charge in [-0.2, -0.15) is 0 Å². The minimum absolute atomic E-state index is 0.0512. The molecule has 0 saturated heterocycles. The molecule has 7 nitrogen and oxygen atoms in total. The predicted molar refractivity (Wildman–Crippen MR) is 107 cm³/mol. The first-order valence-electron chi connectivity index (χ1n) is 9.30. The van der Waals surface area contributed by atoms with Crippen LogP contribution in [0.1, 0.15) is 32.0 Å². The highest BCUT2D eigenvalue weighted by Gasteiger charge is 2.25. The van der Waals surface area contributed by atoms with Gasteiger partial charge in [-0.15, -0.1) is 0 Å². The first kappa shape index (κ1) is 22.1. The summed E-state index contributed by atoms with van der Waals surface area (Å²) in [4.78, 5) is 17.8. The summed E-state index contributed by atoms with van der Waals surface area (Å²) in [6.45, 7) is 7.18. The van der Waals surface area contributed by atoms with Gasteiger partial charge in [0.15, 0.2) is 0 Å². The molecule has 1 aromatic heterocycles. The Balaban J connectivity index is 2.36. The van der Waals surface area contributed by atoms with Crippen LogP contribution in [0.4, 0.5) is 0 Å². The van der Waals surface area contributed by atoms with E-state index in [0.717, 1.165) is 0 Å². The van der Waals surface area contributed by atoms with E-state index in [2.05, 4.69) is 4.98 Å². The van der Waals surface area contributed by atoms with E-state index < -0.39 is 9.84 Å². The van der Waals surface area contributed by atoms with Crippen molar-refractivity contribution in [3.05, 3.63) is 47.8 Å². The molecule has 8 heteroatoms. The van der Waals surface area contributed by atoms with Gasteiger partial charge in [0.25, 0.3) is 0 Å². The molecule has 0 aliphatic carbocycles. The molecule has 0 unspecified atom stereocenters. The van der Waals surface area contributed by atoms with E-state index in [9.17, 15) is 13.2 Å². The molecule has 0 aliphatic heterocycles. The van der Waals surface area contributed by atoms with Crippen LogP contribution in [0.5, 0.6) is 0 Å². The highest BCUT2D eigenvalue weighted by atomic mass is 32.2. The van der Waals surface area contributed by atoms with Crippen molar-refractivity contribution in [2.45, 2.75) is 44.8 Å². The number of imidazole rings is 1. The van der Waals surface area contributed by atoms with Crippen molar-refractivity contribution in [3.8, 4) is 0 Å². The van der Waals surface area contributed by atoms with Crippen molar-refractivity contribution >= 4 is 15.7 Å². The Morgan fingerprint density at radius 3 is 2.50 bits per heavy atom. The molecule has 2 rings (SSSR count). The maximum atomic E-state index is 13.0. The summed E-state index contributed by atoms with van der Waals surface area (Å²) in [7, 11) is -2.04. The molecule has 1 heterocycles. The van der Waals surface area contributed by atoms with Gasteiger partial charge in [0.2, 0.25) is 20.9 Å². The topological polar surface area (TPSA) is 81.5 Å². The van der Waals surface area contributed by atoms with Gasteiger partial charge in [-0.3, -0.25) is 4.79 Å². The van der Waals surface area contributed by atoms with Crippen molar-refractivity contribution in [3.63, 3.8) is 0 Å². The van der Waals surface area contributed by atoms with Crippen LogP contribution < -0.4 is 0 Å². The van der Waals surface area contributed by atoms with E-state index in [-0.39, 0.29) is 22.7 Å². The Bertz CT molecular complexity index is 876. The van der Waals surface area contributed by atoms with Gasteiger partial charge < -0.3 is 14.2 Å². The minimum Gasteiger partial charge on any atom is -0.383 e. The van der Waals surface area contributed by atoms with Crippen molar-refractivity contribution in [2.75, 3.05) is 20.3 Å². The summed E-state index contributed by atoms with van der Waals surface area (Å²) in [6, 6.07) is 9.06. The molecular weight excluding hydrogens is 378 g/mol. The maximum absolute atomic E-state index is 13.0. The lowest BCUT2D eigenvalue weighted by molar-refractivity contribution is -0.130. The van der Waals surface area contributed by atoms with E-state index in [1.54, 1.807) is 34.9 Å². The number of sulfone groups is 1. The molecule has 1 amide bonds. The van der Waals surface area contributed by atoms with Gasteiger partial charge in [0, 0.05) is 27.1 Å². The number of amides is 1. The van der Waals surface area contributed by atoms with Crippen LogP contribution in [0.15, 0.2) is 41.7 Å². The fourth-order valence-corrected chi connectivity index (χ4v) is 4.43. The third kappa shape index (κ3) is 5.90. The molecule has 0 radical (unpaired) electrons. The smallest absolute Gasteiger partial charge is 0.228 e. The number of methoxy groups -OCH3 is 1. The zero-order valence-electron chi connectivity index (χ0n) is 17.0. The molecule has 0 atom stereocenters. The number of rotatable bonds is 10. The molecule has 0 N–H and O–H groups in total. The first-order chi connectivity index (χ1) is 13.2. The van der Waals surface area contributed by atoms with Crippen LogP contribution in [-0.4, -0.2) is 49.0 Å². The zero-order chi connectivity index (χ0) is 20.7. The molecule has 0 fully saturated rings. The van der Waals surface area contributed by atoms with Crippen LogP contribution in [0, 0.1) is 5.92 Å². The fraction of sp³-hybridized carbons (Fsp3) is 0.500. The normalized spacial score (nSPS) is 11.8. The molecule has 1 aromatic carbocycles. The SMILES string of the molecule is COCCN(Cc1cnc(S(=O)(=O)Cc2ccccc2)n1CC(C)C)C(C)=O. The van der Waals surface area contributed by atoms with E-state index >= 15 is 0 Å². The summed E-state index contributed by atoms with van der Waals surface area (Å²) in [5.74, 6) is 0.0223. The maximum Gasteiger partial charge on any atom is 0.228 e. The van der Waals surface area contributed by atoms with Gasteiger partial charge in [0.05, 0.1) is 30.8 Å². The number of aromatic nitrogens is 2. The molecule has 0 aliphatic rings. The minimum atomic E-state index is -3.62. The van der Waals surface area contributed by atoms with Crippen LogP contribution in [0.3, 0.4) is 0 Å². The Morgan fingerprint density at radius 2 is 1.93 bits per heavy atom. The van der Waals surface area contributed by atoms with Crippen molar-refractivity contribution < 1.29 is 17.9 Å². The molecule has 0 saturated carbocycles. The Kier molecular flexibility index (Phi) is 7.77.